The molecule has 0 radical (unpaired) electrons. The Hall–Kier alpha value is -1.50. The Morgan fingerprint density at radius 2 is 1.82 bits per heavy atom. The van der Waals surface area contributed by atoms with Crippen LogP contribution in [0.2, 0.25) is 0 Å². The van der Waals surface area contributed by atoms with Gasteiger partial charge in [-0.2, -0.15) is 13.2 Å². The van der Waals surface area contributed by atoms with Gasteiger partial charge in [0, 0.05) is 0 Å². The first-order valence-corrected chi connectivity index (χ1v) is 4.22. The highest BCUT2D eigenvalue weighted by Crippen LogP contribution is 2.34. The molecule has 0 saturated heterocycles. The topological polar surface area (TPSA) is 64.4 Å². The van der Waals surface area contributed by atoms with Gasteiger partial charge in [0.15, 0.2) is 5.96 Å². The van der Waals surface area contributed by atoms with Crippen molar-refractivity contribution in [2.24, 2.45) is 16.5 Å². The minimum atomic E-state index is -4.76. The number of hydrogen-bond acceptors (Lipinski definition) is 1. The van der Waals surface area contributed by atoms with E-state index in [1.807, 2.05) is 0 Å². The van der Waals surface area contributed by atoms with Crippen molar-refractivity contribution >= 4 is 18.4 Å². The van der Waals surface area contributed by atoms with Gasteiger partial charge in [-0.15, -0.1) is 12.4 Å². The van der Waals surface area contributed by atoms with Gasteiger partial charge < -0.3 is 11.5 Å². The standard InChI is InChI=1S/C9H9F4N3.ClH/c10-6-3-1-2-5(4-16-8(14)15)7(6)9(11,12)13;/h1-3H,4H2,(H4,14,15,16);1H. The third-order valence-corrected chi connectivity index (χ3v) is 1.82. The lowest BCUT2D eigenvalue weighted by atomic mass is 10.1. The second-order valence-corrected chi connectivity index (χ2v) is 3.01. The largest absolute Gasteiger partial charge is 0.419 e. The summed E-state index contributed by atoms with van der Waals surface area (Å²) in [5.74, 6) is -1.69. The molecule has 0 bridgehead atoms. The first-order chi connectivity index (χ1) is 7.32. The Balaban J connectivity index is 0.00000256. The Morgan fingerprint density at radius 1 is 1.24 bits per heavy atom. The number of halogens is 5. The second-order valence-electron chi connectivity index (χ2n) is 3.01. The summed E-state index contributed by atoms with van der Waals surface area (Å²) in [6.45, 7) is -0.408. The second kappa shape index (κ2) is 5.72. The van der Waals surface area contributed by atoms with E-state index < -0.39 is 24.1 Å². The molecule has 1 aromatic carbocycles. The van der Waals surface area contributed by atoms with Gasteiger partial charge in [0.2, 0.25) is 0 Å². The average Bonchev–Trinajstić information content (AvgIpc) is 2.12. The Labute approximate surface area is 101 Å². The molecule has 4 N–H and O–H groups in total. The third-order valence-electron chi connectivity index (χ3n) is 1.82. The summed E-state index contributed by atoms with van der Waals surface area (Å²) in [6, 6.07) is 3.03. The molecule has 0 fully saturated rings. The fourth-order valence-electron chi connectivity index (χ4n) is 1.19. The molecule has 0 heterocycles. The number of nitrogens with two attached hydrogens (primary N) is 2. The lowest BCUT2D eigenvalue weighted by Gasteiger charge is -2.12. The number of hydrogen-bond donors (Lipinski definition) is 2. The highest BCUT2D eigenvalue weighted by molar-refractivity contribution is 5.85. The van der Waals surface area contributed by atoms with Crippen molar-refractivity contribution in [1.82, 2.24) is 0 Å². The molecule has 0 amide bonds. The van der Waals surface area contributed by atoms with Crippen LogP contribution in [0.15, 0.2) is 23.2 Å². The van der Waals surface area contributed by atoms with Crippen molar-refractivity contribution in [2.75, 3.05) is 0 Å². The van der Waals surface area contributed by atoms with Crippen molar-refractivity contribution in [1.29, 1.82) is 0 Å². The van der Waals surface area contributed by atoms with Crippen molar-refractivity contribution in [3.8, 4) is 0 Å². The molecular formula is C9H10ClF4N3. The first-order valence-electron chi connectivity index (χ1n) is 4.22. The van der Waals surface area contributed by atoms with Crippen molar-refractivity contribution in [3.05, 3.63) is 35.1 Å². The van der Waals surface area contributed by atoms with Gasteiger partial charge in [-0.3, -0.25) is 0 Å². The van der Waals surface area contributed by atoms with Gasteiger partial charge in [-0.05, 0) is 11.6 Å². The van der Waals surface area contributed by atoms with Crippen LogP contribution in [0.3, 0.4) is 0 Å². The summed E-state index contributed by atoms with van der Waals surface area (Å²) in [7, 11) is 0. The fourth-order valence-corrected chi connectivity index (χ4v) is 1.19. The van der Waals surface area contributed by atoms with Crippen LogP contribution in [0.25, 0.3) is 0 Å². The molecule has 0 atom stereocenters. The molecule has 0 aromatic heterocycles. The molecule has 1 rings (SSSR count). The summed E-state index contributed by atoms with van der Waals surface area (Å²) >= 11 is 0. The predicted molar refractivity (Wildman–Crippen MR) is 58.2 cm³/mol. The van der Waals surface area contributed by atoms with Crippen LogP contribution < -0.4 is 11.5 Å². The number of alkyl halides is 3. The van der Waals surface area contributed by atoms with Crippen LogP contribution >= 0.6 is 12.4 Å². The van der Waals surface area contributed by atoms with Crippen molar-refractivity contribution in [2.45, 2.75) is 12.7 Å². The van der Waals surface area contributed by atoms with E-state index in [0.29, 0.717) is 0 Å². The number of nitrogens with zero attached hydrogens (tertiary/aromatic N) is 1. The van der Waals surface area contributed by atoms with Gasteiger partial charge in [0.25, 0.3) is 0 Å². The van der Waals surface area contributed by atoms with Gasteiger partial charge in [0.05, 0.1) is 12.1 Å². The number of rotatable bonds is 2. The van der Waals surface area contributed by atoms with E-state index in [1.54, 1.807) is 0 Å². The molecule has 0 saturated carbocycles. The first kappa shape index (κ1) is 15.5. The maximum atomic E-state index is 13.0. The van der Waals surface area contributed by atoms with E-state index in [2.05, 4.69) is 4.99 Å². The number of benzene rings is 1. The molecule has 0 aliphatic heterocycles. The summed E-state index contributed by atoms with van der Waals surface area (Å²) in [4.78, 5) is 3.42. The normalized spacial score (nSPS) is 10.6. The maximum absolute atomic E-state index is 13.0. The maximum Gasteiger partial charge on any atom is 0.419 e. The fraction of sp³-hybridized carbons (Fsp3) is 0.222. The zero-order chi connectivity index (χ0) is 12.3. The molecule has 8 heteroatoms. The van der Waals surface area contributed by atoms with Crippen LogP contribution in [0.1, 0.15) is 11.1 Å². The highest BCUT2D eigenvalue weighted by atomic mass is 35.5. The monoisotopic (exact) mass is 271 g/mol. The highest BCUT2D eigenvalue weighted by Gasteiger charge is 2.36. The van der Waals surface area contributed by atoms with E-state index in [4.69, 9.17) is 11.5 Å². The van der Waals surface area contributed by atoms with Gasteiger partial charge in [-0.1, -0.05) is 12.1 Å². The Bertz CT molecular complexity index is 413. The van der Waals surface area contributed by atoms with E-state index in [0.717, 1.165) is 12.1 Å². The molecule has 0 aliphatic carbocycles. The zero-order valence-electron chi connectivity index (χ0n) is 8.46. The van der Waals surface area contributed by atoms with Gasteiger partial charge >= 0.3 is 6.18 Å². The average molecular weight is 272 g/mol. The molecule has 0 unspecified atom stereocenters. The zero-order valence-corrected chi connectivity index (χ0v) is 9.28. The summed E-state index contributed by atoms with van der Waals surface area (Å²) in [5, 5.41) is 0. The van der Waals surface area contributed by atoms with Gasteiger partial charge in [0.1, 0.15) is 5.82 Å². The van der Waals surface area contributed by atoms with Crippen LogP contribution in [0.5, 0.6) is 0 Å². The lowest BCUT2D eigenvalue weighted by molar-refractivity contribution is -0.140. The number of aliphatic imine (C=N–C) groups is 1. The third kappa shape index (κ3) is 4.10. The van der Waals surface area contributed by atoms with Crippen LogP contribution in [0.4, 0.5) is 17.6 Å². The van der Waals surface area contributed by atoms with E-state index in [1.165, 1.54) is 6.07 Å². The molecule has 1 aromatic rings. The Morgan fingerprint density at radius 3 is 2.29 bits per heavy atom. The molecular weight excluding hydrogens is 262 g/mol. The quantitative estimate of drug-likeness (QED) is 0.491. The minimum absolute atomic E-state index is 0. The van der Waals surface area contributed by atoms with Crippen LogP contribution in [-0.2, 0) is 12.7 Å². The predicted octanol–water partition coefficient (Wildman–Crippen LogP) is 2.04. The van der Waals surface area contributed by atoms with E-state index in [-0.39, 0.29) is 23.9 Å². The van der Waals surface area contributed by atoms with Crippen LogP contribution in [0, 0.1) is 5.82 Å². The number of guanidine groups is 1. The molecule has 3 nitrogen and oxygen atoms in total. The van der Waals surface area contributed by atoms with E-state index in [9.17, 15) is 17.6 Å². The van der Waals surface area contributed by atoms with Crippen LogP contribution in [-0.4, -0.2) is 5.96 Å². The lowest BCUT2D eigenvalue weighted by Crippen LogP contribution is -2.23. The molecule has 17 heavy (non-hydrogen) atoms. The van der Waals surface area contributed by atoms with Crippen molar-refractivity contribution < 1.29 is 17.6 Å². The SMILES string of the molecule is Cl.NC(N)=NCc1cccc(F)c1C(F)(F)F. The summed E-state index contributed by atoms with van der Waals surface area (Å²) in [6.07, 6.45) is -4.76. The smallest absolute Gasteiger partial charge is 0.370 e. The summed E-state index contributed by atoms with van der Waals surface area (Å²) in [5.41, 5.74) is 8.34. The minimum Gasteiger partial charge on any atom is -0.370 e. The Kier molecular flexibility index (Phi) is 5.21. The molecule has 0 aliphatic rings. The molecule has 0 spiro atoms. The van der Waals surface area contributed by atoms with Crippen molar-refractivity contribution in [3.63, 3.8) is 0 Å². The summed E-state index contributed by atoms with van der Waals surface area (Å²) < 4.78 is 50.5. The van der Waals surface area contributed by atoms with Gasteiger partial charge in [-0.25, -0.2) is 9.38 Å². The molecule has 96 valence electrons. The van der Waals surface area contributed by atoms with E-state index >= 15 is 0 Å².